The summed E-state index contributed by atoms with van der Waals surface area (Å²) in [6.07, 6.45) is 4.84. The highest BCUT2D eigenvalue weighted by molar-refractivity contribution is 7.99. The van der Waals surface area contributed by atoms with Gasteiger partial charge in [-0.15, -0.1) is 0 Å². The van der Waals surface area contributed by atoms with Crippen molar-refractivity contribution in [3.63, 3.8) is 0 Å². The minimum atomic E-state index is -3.39. The van der Waals surface area contributed by atoms with Crippen LogP contribution in [0.3, 0.4) is 0 Å². The molecule has 3 N–H and O–H groups in total. The van der Waals surface area contributed by atoms with Gasteiger partial charge in [0.05, 0.1) is 10.6 Å². The smallest absolute Gasteiger partial charge is 0.175 e. The first-order valence-corrected chi connectivity index (χ1v) is 12.9. The van der Waals surface area contributed by atoms with E-state index in [4.69, 9.17) is 5.73 Å². The largest absolute Gasteiger partial charge is 0.399 e. The van der Waals surface area contributed by atoms with E-state index in [1.165, 1.54) is 18.0 Å². The molecule has 0 amide bonds. The summed E-state index contributed by atoms with van der Waals surface area (Å²) in [6, 6.07) is 18.6. The lowest BCUT2D eigenvalue weighted by Crippen LogP contribution is -2.00. The number of aromatic nitrogens is 2. The maximum Gasteiger partial charge on any atom is 0.175 e. The van der Waals surface area contributed by atoms with E-state index in [1.807, 2.05) is 48.5 Å². The molecule has 0 aliphatic carbocycles. The van der Waals surface area contributed by atoms with Gasteiger partial charge < -0.3 is 11.1 Å². The first kappa shape index (κ1) is 22.1. The number of benzene rings is 2. The van der Waals surface area contributed by atoms with Gasteiger partial charge in [-0.2, -0.15) is 0 Å². The molecule has 0 saturated carbocycles. The number of nitrogens with one attached hydrogen (secondary N) is 1. The van der Waals surface area contributed by atoms with E-state index in [-0.39, 0.29) is 4.90 Å². The normalized spacial score (nSPS) is 11.6. The van der Waals surface area contributed by atoms with Gasteiger partial charge in [-0.05, 0) is 67.1 Å². The van der Waals surface area contributed by atoms with Crippen LogP contribution in [0.25, 0.3) is 11.0 Å². The Kier molecular flexibility index (Phi) is 6.34. The Hall–Kier alpha value is -3.10. The van der Waals surface area contributed by atoms with Gasteiger partial charge in [-0.25, -0.2) is 18.4 Å². The summed E-state index contributed by atoms with van der Waals surface area (Å²) >= 11 is 1.48. The summed E-state index contributed by atoms with van der Waals surface area (Å²) < 4.78 is 24.6. The molecule has 2 aromatic heterocycles. The molecule has 4 rings (SSSR count). The van der Waals surface area contributed by atoms with Gasteiger partial charge in [0.1, 0.15) is 0 Å². The molecule has 0 saturated heterocycles. The van der Waals surface area contributed by atoms with E-state index in [0.29, 0.717) is 17.0 Å². The number of anilines is 3. The lowest BCUT2D eigenvalue weighted by molar-refractivity contribution is 0.601. The van der Waals surface area contributed by atoms with Gasteiger partial charge in [0.2, 0.25) is 0 Å². The number of pyridine rings is 2. The fourth-order valence-corrected chi connectivity index (χ4v) is 4.99. The summed E-state index contributed by atoms with van der Waals surface area (Å²) in [5, 5.41) is 4.25. The van der Waals surface area contributed by atoms with Crippen LogP contribution < -0.4 is 11.1 Å². The number of hydrogen-bond donors (Lipinski definition) is 2. The van der Waals surface area contributed by atoms with Crippen LogP contribution in [0.5, 0.6) is 0 Å². The predicted molar refractivity (Wildman–Crippen MR) is 131 cm³/mol. The minimum absolute atomic E-state index is 0.252. The van der Waals surface area contributed by atoms with Crippen LogP contribution in [0, 0.1) is 0 Å². The summed E-state index contributed by atoms with van der Waals surface area (Å²) in [4.78, 5) is 11.1. The van der Waals surface area contributed by atoms with Gasteiger partial charge in [-0.3, -0.25) is 0 Å². The quantitative estimate of drug-likeness (QED) is 0.350. The van der Waals surface area contributed by atoms with Gasteiger partial charge in [0.15, 0.2) is 15.5 Å². The second-order valence-corrected chi connectivity index (χ2v) is 10.7. The number of nitrogen functional groups attached to an aromatic ring is 1. The van der Waals surface area contributed by atoms with Crippen LogP contribution in [0.4, 0.5) is 17.1 Å². The van der Waals surface area contributed by atoms with Crippen molar-refractivity contribution in [3.8, 4) is 0 Å². The Morgan fingerprint density at radius 3 is 2.50 bits per heavy atom. The lowest BCUT2D eigenvalue weighted by atomic mass is 10.2. The highest BCUT2D eigenvalue weighted by Gasteiger charge is 2.13. The van der Waals surface area contributed by atoms with E-state index in [0.717, 1.165) is 39.4 Å². The molecule has 0 aliphatic heterocycles. The second kappa shape index (κ2) is 9.18. The van der Waals surface area contributed by atoms with Crippen molar-refractivity contribution in [3.05, 3.63) is 72.6 Å². The SMILES string of the molecule is CCCc1ccc2c(Nc3cc(Sc4ccc(N)cc4)cc(S(C)(=O)=O)c3)ccnc2n1. The monoisotopic (exact) mass is 464 g/mol. The summed E-state index contributed by atoms with van der Waals surface area (Å²) in [7, 11) is -3.39. The summed E-state index contributed by atoms with van der Waals surface area (Å²) in [5.74, 6) is 0. The third-order valence-corrected chi connectivity index (χ3v) is 6.94. The van der Waals surface area contributed by atoms with E-state index in [9.17, 15) is 8.42 Å². The Morgan fingerprint density at radius 1 is 1.00 bits per heavy atom. The molecule has 32 heavy (non-hydrogen) atoms. The molecule has 0 radical (unpaired) electrons. The van der Waals surface area contributed by atoms with Crippen LogP contribution in [-0.2, 0) is 16.3 Å². The van der Waals surface area contributed by atoms with E-state index in [2.05, 4.69) is 22.2 Å². The molecule has 2 heterocycles. The van der Waals surface area contributed by atoms with Crippen LogP contribution in [-0.4, -0.2) is 24.6 Å². The summed E-state index contributed by atoms with van der Waals surface area (Å²) in [5.41, 5.74) is 9.62. The maximum absolute atomic E-state index is 12.3. The van der Waals surface area contributed by atoms with Crippen molar-refractivity contribution in [1.82, 2.24) is 9.97 Å². The first-order chi connectivity index (χ1) is 15.3. The van der Waals surface area contributed by atoms with E-state index < -0.39 is 9.84 Å². The Balaban J connectivity index is 1.72. The third kappa shape index (κ3) is 5.20. The molecule has 0 spiro atoms. The third-order valence-electron chi connectivity index (χ3n) is 4.87. The van der Waals surface area contributed by atoms with Crippen LogP contribution >= 0.6 is 11.8 Å². The topological polar surface area (TPSA) is 98.0 Å². The fourth-order valence-electron chi connectivity index (χ4n) is 3.32. The first-order valence-electron chi connectivity index (χ1n) is 10.2. The predicted octanol–water partition coefficient (Wildman–Crippen LogP) is 5.46. The molecule has 4 aromatic rings. The molecule has 0 bridgehead atoms. The highest BCUT2D eigenvalue weighted by atomic mass is 32.2. The van der Waals surface area contributed by atoms with Crippen molar-refractivity contribution in [2.75, 3.05) is 17.3 Å². The zero-order valence-electron chi connectivity index (χ0n) is 17.9. The average Bonchev–Trinajstić information content (AvgIpc) is 2.75. The maximum atomic E-state index is 12.3. The van der Waals surface area contributed by atoms with Crippen LogP contribution in [0.1, 0.15) is 19.0 Å². The molecule has 164 valence electrons. The lowest BCUT2D eigenvalue weighted by Gasteiger charge is -2.13. The van der Waals surface area contributed by atoms with Crippen molar-refractivity contribution < 1.29 is 8.42 Å². The minimum Gasteiger partial charge on any atom is -0.399 e. The number of nitrogens with two attached hydrogens (primary N) is 1. The molecule has 2 aromatic carbocycles. The number of fused-ring (bicyclic) bond motifs is 1. The molecule has 6 nitrogen and oxygen atoms in total. The number of aryl methyl sites for hydroxylation is 1. The molecular formula is C24H24N4O2S2. The average molecular weight is 465 g/mol. The molecule has 8 heteroatoms. The van der Waals surface area contributed by atoms with Gasteiger partial charge in [0.25, 0.3) is 0 Å². The van der Waals surface area contributed by atoms with Crippen LogP contribution in [0.2, 0.25) is 0 Å². The molecule has 0 unspecified atom stereocenters. The van der Waals surface area contributed by atoms with Crippen molar-refractivity contribution in [2.45, 2.75) is 34.5 Å². The number of nitrogens with zero attached hydrogens (tertiary/aromatic N) is 2. The van der Waals surface area contributed by atoms with Crippen molar-refractivity contribution >= 4 is 49.7 Å². The Labute approximate surface area is 192 Å². The second-order valence-electron chi connectivity index (χ2n) is 7.54. The summed E-state index contributed by atoms with van der Waals surface area (Å²) in [6.45, 7) is 2.12. The zero-order valence-corrected chi connectivity index (χ0v) is 19.5. The fraction of sp³-hybridized carbons (Fsp3) is 0.167. The van der Waals surface area contributed by atoms with Crippen molar-refractivity contribution in [1.29, 1.82) is 0 Å². The highest BCUT2D eigenvalue weighted by Crippen LogP contribution is 2.34. The van der Waals surface area contributed by atoms with Crippen molar-refractivity contribution in [2.24, 2.45) is 0 Å². The van der Waals surface area contributed by atoms with E-state index in [1.54, 1.807) is 18.3 Å². The molecule has 0 atom stereocenters. The van der Waals surface area contributed by atoms with Gasteiger partial charge in [0, 0.05) is 44.7 Å². The number of rotatable bonds is 7. The number of sulfone groups is 1. The Bertz CT molecular complexity index is 1370. The van der Waals surface area contributed by atoms with Crippen LogP contribution in [0.15, 0.2) is 81.5 Å². The van der Waals surface area contributed by atoms with E-state index >= 15 is 0 Å². The van der Waals surface area contributed by atoms with Gasteiger partial charge >= 0.3 is 0 Å². The van der Waals surface area contributed by atoms with Gasteiger partial charge in [-0.1, -0.05) is 25.1 Å². The molecule has 0 aliphatic rings. The molecule has 0 fully saturated rings. The molecular weight excluding hydrogens is 440 g/mol. The zero-order chi connectivity index (χ0) is 22.7. The Morgan fingerprint density at radius 2 is 1.78 bits per heavy atom. The number of hydrogen-bond acceptors (Lipinski definition) is 7. The standard InChI is InChI=1S/C24H24N4O2S2/c1-3-4-17-7-10-22-23(11-12-26-24(22)28-17)27-18-13-20(15-21(14-18)32(2,29)30)31-19-8-5-16(25)6-9-19/h5-15H,3-4,25H2,1-2H3,(H,26,27,28).